The van der Waals surface area contributed by atoms with Crippen molar-refractivity contribution in [1.82, 2.24) is 0 Å². The number of hydrogen-bond donors (Lipinski definition) is 2. The summed E-state index contributed by atoms with van der Waals surface area (Å²) in [6.45, 7) is 1.90. The molecule has 0 heterocycles. The van der Waals surface area contributed by atoms with E-state index in [-0.39, 0.29) is 11.5 Å². The van der Waals surface area contributed by atoms with Crippen LogP contribution < -0.4 is 5.73 Å². The van der Waals surface area contributed by atoms with Gasteiger partial charge in [-0.1, -0.05) is 12.2 Å². The summed E-state index contributed by atoms with van der Waals surface area (Å²) in [4.78, 5) is 0. The minimum atomic E-state index is -0.371. The summed E-state index contributed by atoms with van der Waals surface area (Å²) in [6, 6.07) is 3.07. The van der Waals surface area contributed by atoms with Crippen molar-refractivity contribution in [2.24, 2.45) is 0 Å². The number of nitrogens with two attached hydrogens (primary N) is 1. The summed E-state index contributed by atoms with van der Waals surface area (Å²) in [7, 11) is 0. The SMILES string of the molecule is Cc1cc(N)c(F)cc1C=CCS. The lowest BCUT2D eigenvalue weighted by atomic mass is 10.1. The standard InChI is InChI=1S/C10H12FNS/c1-7-5-10(12)9(11)6-8(7)3-2-4-13/h2-3,5-6,13H,4,12H2,1H3. The molecule has 0 saturated carbocycles. The number of aryl methyl sites for hydroxylation is 1. The topological polar surface area (TPSA) is 26.0 Å². The van der Waals surface area contributed by atoms with Crippen LogP contribution in [-0.2, 0) is 0 Å². The van der Waals surface area contributed by atoms with Crippen molar-refractivity contribution in [3.05, 3.63) is 35.2 Å². The molecule has 0 unspecified atom stereocenters. The highest BCUT2D eigenvalue weighted by Crippen LogP contribution is 2.18. The van der Waals surface area contributed by atoms with E-state index in [1.807, 2.05) is 19.1 Å². The summed E-state index contributed by atoms with van der Waals surface area (Å²) >= 11 is 4.03. The zero-order chi connectivity index (χ0) is 9.84. The third-order valence-corrected chi connectivity index (χ3v) is 2.00. The summed E-state index contributed by atoms with van der Waals surface area (Å²) < 4.78 is 13.0. The second kappa shape index (κ2) is 4.33. The molecule has 0 aliphatic heterocycles. The Morgan fingerprint density at radius 2 is 2.23 bits per heavy atom. The first kappa shape index (κ1) is 10.1. The molecule has 0 fully saturated rings. The van der Waals surface area contributed by atoms with E-state index in [4.69, 9.17) is 5.73 Å². The Morgan fingerprint density at radius 1 is 1.54 bits per heavy atom. The average Bonchev–Trinajstić information content (AvgIpc) is 2.09. The predicted molar refractivity (Wildman–Crippen MR) is 58.4 cm³/mol. The third kappa shape index (κ3) is 2.49. The van der Waals surface area contributed by atoms with E-state index >= 15 is 0 Å². The van der Waals surface area contributed by atoms with Crippen LogP contribution in [0, 0.1) is 12.7 Å². The fourth-order valence-electron chi connectivity index (χ4n) is 1.08. The molecule has 0 aliphatic rings. The van der Waals surface area contributed by atoms with Crippen molar-refractivity contribution < 1.29 is 4.39 Å². The van der Waals surface area contributed by atoms with E-state index < -0.39 is 0 Å². The number of benzene rings is 1. The molecule has 0 saturated heterocycles. The van der Waals surface area contributed by atoms with Gasteiger partial charge in [0.15, 0.2) is 0 Å². The maximum Gasteiger partial charge on any atom is 0.146 e. The van der Waals surface area contributed by atoms with Gasteiger partial charge in [0.2, 0.25) is 0 Å². The maximum absolute atomic E-state index is 13.0. The number of nitrogen functional groups attached to an aromatic ring is 1. The minimum absolute atomic E-state index is 0.195. The smallest absolute Gasteiger partial charge is 0.146 e. The molecule has 70 valence electrons. The Kier molecular flexibility index (Phi) is 3.37. The molecule has 2 N–H and O–H groups in total. The van der Waals surface area contributed by atoms with Crippen molar-refractivity contribution in [2.45, 2.75) is 6.92 Å². The summed E-state index contributed by atoms with van der Waals surface area (Å²) in [5.74, 6) is 0.273. The Labute approximate surface area is 82.9 Å². The largest absolute Gasteiger partial charge is 0.396 e. The number of halogens is 1. The van der Waals surface area contributed by atoms with Crippen LogP contribution in [0.1, 0.15) is 11.1 Å². The van der Waals surface area contributed by atoms with E-state index in [0.29, 0.717) is 5.75 Å². The van der Waals surface area contributed by atoms with Crippen molar-refractivity contribution in [3.8, 4) is 0 Å². The second-order valence-corrected chi connectivity index (χ2v) is 3.18. The number of anilines is 1. The summed E-state index contributed by atoms with van der Waals surface area (Å²) in [5, 5.41) is 0. The van der Waals surface area contributed by atoms with Crippen LogP contribution in [0.4, 0.5) is 10.1 Å². The Hall–Kier alpha value is -0.960. The van der Waals surface area contributed by atoms with Crippen LogP contribution in [0.25, 0.3) is 6.08 Å². The quantitative estimate of drug-likeness (QED) is 0.553. The van der Waals surface area contributed by atoms with Crippen LogP contribution in [-0.4, -0.2) is 5.75 Å². The molecule has 0 radical (unpaired) electrons. The minimum Gasteiger partial charge on any atom is -0.396 e. The van der Waals surface area contributed by atoms with E-state index in [1.165, 1.54) is 6.07 Å². The lowest BCUT2D eigenvalue weighted by Gasteiger charge is -2.03. The van der Waals surface area contributed by atoms with Crippen LogP contribution in [0.3, 0.4) is 0 Å². The van der Waals surface area contributed by atoms with Gasteiger partial charge in [-0.2, -0.15) is 12.6 Å². The molecular weight excluding hydrogens is 185 g/mol. The normalized spacial score (nSPS) is 11.0. The Morgan fingerprint density at radius 3 is 2.85 bits per heavy atom. The molecule has 1 aromatic rings. The highest BCUT2D eigenvalue weighted by atomic mass is 32.1. The van der Waals surface area contributed by atoms with E-state index in [9.17, 15) is 4.39 Å². The van der Waals surface area contributed by atoms with Crippen molar-refractivity contribution in [3.63, 3.8) is 0 Å². The molecule has 0 spiro atoms. The van der Waals surface area contributed by atoms with Crippen LogP contribution in [0.5, 0.6) is 0 Å². The van der Waals surface area contributed by atoms with E-state index in [1.54, 1.807) is 6.07 Å². The van der Waals surface area contributed by atoms with Gasteiger partial charge >= 0.3 is 0 Å². The molecule has 13 heavy (non-hydrogen) atoms. The highest BCUT2D eigenvalue weighted by molar-refractivity contribution is 7.80. The molecule has 0 amide bonds. The fourth-order valence-corrected chi connectivity index (χ4v) is 1.18. The maximum atomic E-state index is 13.0. The van der Waals surface area contributed by atoms with Gasteiger partial charge in [0.25, 0.3) is 0 Å². The van der Waals surface area contributed by atoms with Gasteiger partial charge in [-0.25, -0.2) is 4.39 Å². The molecule has 1 aromatic carbocycles. The Bertz CT molecular complexity index is 334. The van der Waals surface area contributed by atoms with Crippen molar-refractivity contribution in [1.29, 1.82) is 0 Å². The molecule has 0 bridgehead atoms. The van der Waals surface area contributed by atoms with Gasteiger partial charge < -0.3 is 5.73 Å². The lowest BCUT2D eigenvalue weighted by Crippen LogP contribution is -1.93. The second-order valence-electron chi connectivity index (χ2n) is 2.82. The van der Waals surface area contributed by atoms with Crippen LogP contribution in [0.15, 0.2) is 18.2 Å². The first-order valence-electron chi connectivity index (χ1n) is 3.98. The molecule has 1 rings (SSSR count). The third-order valence-electron chi connectivity index (χ3n) is 1.79. The molecule has 0 aromatic heterocycles. The highest BCUT2D eigenvalue weighted by Gasteiger charge is 2.01. The van der Waals surface area contributed by atoms with Gasteiger partial charge in [0.1, 0.15) is 5.82 Å². The van der Waals surface area contributed by atoms with Crippen molar-refractivity contribution in [2.75, 3.05) is 11.5 Å². The van der Waals surface area contributed by atoms with Gasteiger partial charge in [-0.05, 0) is 30.2 Å². The van der Waals surface area contributed by atoms with E-state index in [2.05, 4.69) is 12.6 Å². The molecule has 3 heteroatoms. The zero-order valence-electron chi connectivity index (χ0n) is 7.42. The lowest BCUT2D eigenvalue weighted by molar-refractivity contribution is 0.632. The summed E-state index contributed by atoms with van der Waals surface area (Å²) in [5.41, 5.74) is 7.42. The van der Waals surface area contributed by atoms with Gasteiger partial charge in [-0.15, -0.1) is 0 Å². The predicted octanol–water partition coefficient (Wildman–Crippen LogP) is 2.66. The molecule has 0 atom stereocenters. The number of thiol groups is 1. The fraction of sp³-hybridized carbons (Fsp3) is 0.200. The van der Waals surface area contributed by atoms with Crippen LogP contribution >= 0.6 is 12.6 Å². The van der Waals surface area contributed by atoms with E-state index in [0.717, 1.165) is 11.1 Å². The van der Waals surface area contributed by atoms with Gasteiger partial charge in [-0.3, -0.25) is 0 Å². The number of hydrogen-bond acceptors (Lipinski definition) is 2. The van der Waals surface area contributed by atoms with Crippen LogP contribution in [0.2, 0.25) is 0 Å². The van der Waals surface area contributed by atoms with Gasteiger partial charge in [0.05, 0.1) is 5.69 Å². The Balaban J connectivity index is 3.08. The van der Waals surface area contributed by atoms with Gasteiger partial charge in [0, 0.05) is 5.75 Å². The van der Waals surface area contributed by atoms with Crippen molar-refractivity contribution >= 4 is 24.4 Å². The number of rotatable bonds is 2. The first-order chi connectivity index (χ1) is 6.15. The first-order valence-corrected chi connectivity index (χ1v) is 4.61. The zero-order valence-corrected chi connectivity index (χ0v) is 8.31. The molecule has 0 aliphatic carbocycles. The summed E-state index contributed by atoms with van der Waals surface area (Å²) in [6.07, 6.45) is 3.70. The monoisotopic (exact) mass is 197 g/mol. The molecule has 1 nitrogen and oxygen atoms in total. The molecular formula is C10H12FNS. The average molecular weight is 197 g/mol.